The molecule has 0 heterocycles. The van der Waals surface area contributed by atoms with E-state index < -0.39 is 6.04 Å². The number of amides is 1. The smallest absolute Gasteiger partial charge is 0.327 e. The summed E-state index contributed by atoms with van der Waals surface area (Å²) >= 11 is 0. The summed E-state index contributed by atoms with van der Waals surface area (Å²) in [6.45, 7) is 1.69. The topological polar surface area (TPSA) is 67.4 Å². The van der Waals surface area contributed by atoms with Crippen LogP contribution in [0.5, 0.6) is 0 Å². The molecule has 1 aromatic rings. The maximum absolute atomic E-state index is 11.4. The van der Waals surface area contributed by atoms with Gasteiger partial charge in [0.05, 0.1) is 7.11 Å². The Morgan fingerprint density at radius 2 is 2.06 bits per heavy atom. The average molecular weight is 236 g/mol. The van der Waals surface area contributed by atoms with E-state index in [2.05, 4.69) is 15.4 Å². The fourth-order valence-corrected chi connectivity index (χ4v) is 1.38. The van der Waals surface area contributed by atoms with Gasteiger partial charge in [0.2, 0.25) is 0 Å². The molecular weight excluding hydrogens is 220 g/mol. The number of benzene rings is 1. The van der Waals surface area contributed by atoms with Gasteiger partial charge >= 0.3 is 5.97 Å². The molecule has 0 bridgehead atoms. The van der Waals surface area contributed by atoms with E-state index in [-0.39, 0.29) is 11.9 Å². The van der Waals surface area contributed by atoms with E-state index in [9.17, 15) is 9.59 Å². The van der Waals surface area contributed by atoms with Crippen molar-refractivity contribution >= 4 is 17.6 Å². The Kier molecular flexibility index (Phi) is 4.51. The Morgan fingerprint density at radius 3 is 2.65 bits per heavy atom. The normalized spacial score (nSPS) is 11.5. The predicted molar refractivity (Wildman–Crippen MR) is 64.9 cm³/mol. The van der Waals surface area contributed by atoms with Gasteiger partial charge in [-0.15, -0.1) is 0 Å². The number of methoxy groups -OCH3 is 1. The first kappa shape index (κ1) is 13.0. The van der Waals surface area contributed by atoms with Crippen molar-refractivity contribution < 1.29 is 14.3 Å². The molecule has 0 aliphatic heterocycles. The highest BCUT2D eigenvalue weighted by Gasteiger charge is 2.13. The van der Waals surface area contributed by atoms with E-state index in [1.165, 1.54) is 7.11 Å². The lowest BCUT2D eigenvalue weighted by atomic mass is 10.2. The molecule has 5 nitrogen and oxygen atoms in total. The largest absolute Gasteiger partial charge is 0.467 e. The van der Waals surface area contributed by atoms with Gasteiger partial charge in [-0.3, -0.25) is 4.79 Å². The fourth-order valence-electron chi connectivity index (χ4n) is 1.38. The van der Waals surface area contributed by atoms with E-state index in [1.54, 1.807) is 38.2 Å². The van der Waals surface area contributed by atoms with Gasteiger partial charge in [-0.05, 0) is 25.1 Å². The molecule has 5 heteroatoms. The van der Waals surface area contributed by atoms with Gasteiger partial charge < -0.3 is 15.4 Å². The van der Waals surface area contributed by atoms with Gasteiger partial charge in [-0.2, -0.15) is 0 Å². The Morgan fingerprint density at radius 1 is 1.35 bits per heavy atom. The molecule has 1 unspecified atom stereocenters. The van der Waals surface area contributed by atoms with Gasteiger partial charge in [-0.1, -0.05) is 6.07 Å². The highest BCUT2D eigenvalue weighted by molar-refractivity contribution is 5.95. The van der Waals surface area contributed by atoms with Crippen molar-refractivity contribution in [1.29, 1.82) is 0 Å². The highest BCUT2D eigenvalue weighted by Crippen LogP contribution is 2.12. The van der Waals surface area contributed by atoms with Crippen LogP contribution in [0.25, 0.3) is 0 Å². The molecule has 0 radical (unpaired) electrons. The van der Waals surface area contributed by atoms with Crippen molar-refractivity contribution in [2.24, 2.45) is 0 Å². The Labute approximate surface area is 100 Å². The molecule has 0 saturated carbocycles. The minimum absolute atomic E-state index is 0.167. The minimum Gasteiger partial charge on any atom is -0.467 e. The van der Waals surface area contributed by atoms with Crippen molar-refractivity contribution in [2.75, 3.05) is 19.5 Å². The summed E-state index contributed by atoms with van der Waals surface area (Å²) < 4.78 is 4.60. The Balaban J connectivity index is 2.79. The maximum Gasteiger partial charge on any atom is 0.327 e. The number of nitrogens with one attached hydrogen (secondary N) is 2. The lowest BCUT2D eigenvalue weighted by Gasteiger charge is -2.13. The standard InChI is InChI=1S/C12H16N2O3/c1-8(12(16)17-3)14-10-6-4-5-9(7-10)11(15)13-2/h4-8,14H,1-3H3,(H,13,15). The van der Waals surface area contributed by atoms with Crippen molar-refractivity contribution in [3.05, 3.63) is 29.8 Å². The quantitative estimate of drug-likeness (QED) is 0.766. The molecule has 0 saturated heterocycles. The van der Waals surface area contributed by atoms with Gasteiger partial charge in [0, 0.05) is 18.3 Å². The van der Waals surface area contributed by atoms with E-state index in [1.807, 2.05) is 0 Å². The molecule has 0 aliphatic carbocycles. The molecule has 2 N–H and O–H groups in total. The third kappa shape index (κ3) is 3.48. The third-order valence-electron chi connectivity index (χ3n) is 2.29. The van der Waals surface area contributed by atoms with Crippen LogP contribution < -0.4 is 10.6 Å². The monoisotopic (exact) mass is 236 g/mol. The molecule has 1 aromatic carbocycles. The Hall–Kier alpha value is -2.04. The summed E-state index contributed by atoms with van der Waals surface area (Å²) in [6, 6.07) is 6.45. The first-order chi connectivity index (χ1) is 8.08. The molecule has 0 fully saturated rings. The summed E-state index contributed by atoms with van der Waals surface area (Å²) in [4.78, 5) is 22.6. The number of anilines is 1. The number of carbonyl (C=O) groups excluding carboxylic acids is 2. The van der Waals surface area contributed by atoms with Crippen LogP contribution in [0.3, 0.4) is 0 Å². The second-order valence-corrected chi connectivity index (χ2v) is 3.55. The highest BCUT2D eigenvalue weighted by atomic mass is 16.5. The number of hydrogen-bond acceptors (Lipinski definition) is 4. The minimum atomic E-state index is -0.458. The second-order valence-electron chi connectivity index (χ2n) is 3.55. The first-order valence-corrected chi connectivity index (χ1v) is 5.25. The van der Waals surface area contributed by atoms with Crippen molar-refractivity contribution in [3.8, 4) is 0 Å². The average Bonchev–Trinajstić information content (AvgIpc) is 2.37. The van der Waals surface area contributed by atoms with E-state index in [0.717, 1.165) is 0 Å². The molecule has 92 valence electrons. The molecule has 0 aliphatic rings. The molecule has 0 aromatic heterocycles. The summed E-state index contributed by atoms with van der Waals surface area (Å²) in [5, 5.41) is 5.49. The number of rotatable bonds is 4. The summed E-state index contributed by atoms with van der Waals surface area (Å²) in [5.74, 6) is -0.519. The van der Waals surface area contributed by atoms with E-state index in [0.29, 0.717) is 11.3 Å². The van der Waals surface area contributed by atoms with Crippen LogP contribution in [-0.2, 0) is 9.53 Å². The zero-order valence-corrected chi connectivity index (χ0v) is 10.1. The zero-order valence-electron chi connectivity index (χ0n) is 10.1. The lowest BCUT2D eigenvalue weighted by Crippen LogP contribution is -2.27. The maximum atomic E-state index is 11.4. The number of ether oxygens (including phenoxy) is 1. The number of esters is 1. The molecule has 0 spiro atoms. The molecule has 17 heavy (non-hydrogen) atoms. The summed E-state index contributed by atoms with van der Waals surface area (Å²) in [7, 11) is 2.90. The van der Waals surface area contributed by atoms with Crippen LogP contribution in [-0.4, -0.2) is 32.1 Å². The van der Waals surface area contributed by atoms with Crippen molar-refractivity contribution in [1.82, 2.24) is 5.32 Å². The molecule has 1 atom stereocenters. The third-order valence-corrected chi connectivity index (χ3v) is 2.29. The van der Waals surface area contributed by atoms with Gasteiger partial charge in [0.1, 0.15) is 6.04 Å². The van der Waals surface area contributed by atoms with Crippen LogP contribution in [0, 0.1) is 0 Å². The van der Waals surface area contributed by atoms with E-state index >= 15 is 0 Å². The van der Waals surface area contributed by atoms with Crippen LogP contribution in [0.15, 0.2) is 24.3 Å². The van der Waals surface area contributed by atoms with Crippen LogP contribution >= 0.6 is 0 Å². The van der Waals surface area contributed by atoms with Gasteiger partial charge in [0.15, 0.2) is 0 Å². The van der Waals surface area contributed by atoms with Gasteiger partial charge in [-0.25, -0.2) is 4.79 Å². The second kappa shape index (κ2) is 5.89. The predicted octanol–water partition coefficient (Wildman–Crippen LogP) is 1.02. The molecule has 1 amide bonds. The summed E-state index contributed by atoms with van der Waals surface area (Å²) in [5.41, 5.74) is 1.23. The van der Waals surface area contributed by atoms with Gasteiger partial charge in [0.25, 0.3) is 5.91 Å². The number of carbonyl (C=O) groups is 2. The van der Waals surface area contributed by atoms with Crippen LogP contribution in [0.1, 0.15) is 17.3 Å². The van der Waals surface area contributed by atoms with Crippen LogP contribution in [0.4, 0.5) is 5.69 Å². The Bertz CT molecular complexity index is 418. The number of hydrogen-bond donors (Lipinski definition) is 2. The molecular formula is C12H16N2O3. The van der Waals surface area contributed by atoms with E-state index in [4.69, 9.17) is 0 Å². The fraction of sp³-hybridized carbons (Fsp3) is 0.333. The van der Waals surface area contributed by atoms with Crippen molar-refractivity contribution in [2.45, 2.75) is 13.0 Å². The lowest BCUT2D eigenvalue weighted by molar-refractivity contribution is -0.141. The SMILES string of the molecule is CNC(=O)c1cccc(NC(C)C(=O)OC)c1. The van der Waals surface area contributed by atoms with Crippen molar-refractivity contribution in [3.63, 3.8) is 0 Å². The summed E-state index contributed by atoms with van der Waals surface area (Å²) in [6.07, 6.45) is 0. The zero-order chi connectivity index (χ0) is 12.8. The first-order valence-electron chi connectivity index (χ1n) is 5.25. The van der Waals surface area contributed by atoms with Crippen LogP contribution in [0.2, 0.25) is 0 Å². The molecule has 1 rings (SSSR count).